The van der Waals surface area contributed by atoms with Crippen LogP contribution in [0.25, 0.3) is 9.81 Å². The summed E-state index contributed by atoms with van der Waals surface area (Å²) < 4.78 is 0. The van der Waals surface area contributed by atoms with Gasteiger partial charge in [0.25, 0.3) is 0 Å². The minimum absolute atomic E-state index is 0.533. The van der Waals surface area contributed by atoms with Gasteiger partial charge in [0.2, 0.25) is 0 Å². The van der Waals surface area contributed by atoms with Crippen molar-refractivity contribution in [2.45, 2.75) is 19.8 Å². The number of thioether (sulfide) groups is 1. The van der Waals surface area contributed by atoms with Gasteiger partial charge in [-0.2, -0.15) is 0 Å². The second-order valence-corrected chi connectivity index (χ2v) is 6.29. The number of benzene rings is 2. The first-order chi connectivity index (χ1) is 9.63. The van der Waals surface area contributed by atoms with Gasteiger partial charge in [-0.1, -0.05) is 68.4 Å². The van der Waals surface area contributed by atoms with E-state index in [4.69, 9.17) is 12.6 Å². The van der Waals surface area contributed by atoms with Crippen LogP contribution in [0.3, 0.4) is 0 Å². The van der Waals surface area contributed by atoms with Crippen molar-refractivity contribution in [1.82, 2.24) is 0 Å². The lowest BCUT2D eigenvalue weighted by molar-refractivity contribution is 0.866. The third kappa shape index (κ3) is 3.50. The van der Waals surface area contributed by atoms with Crippen LogP contribution in [0.2, 0.25) is 0 Å². The maximum absolute atomic E-state index is 4.78. The van der Waals surface area contributed by atoms with Crippen molar-refractivity contribution >= 4 is 34.2 Å². The molecule has 0 N–H and O–H groups in total. The smallest absolute Gasteiger partial charge is 0.0281 e. The summed E-state index contributed by atoms with van der Waals surface area (Å²) in [5, 5.41) is 0. The third-order valence-electron chi connectivity index (χ3n) is 3.28. The molecule has 0 unspecified atom stereocenters. The van der Waals surface area contributed by atoms with E-state index in [9.17, 15) is 0 Å². The second-order valence-electron chi connectivity index (χ2n) is 5.03. The lowest BCUT2D eigenvalue weighted by Gasteiger charge is -2.12. The zero-order valence-corrected chi connectivity index (χ0v) is 13.8. The highest BCUT2D eigenvalue weighted by atomic mass is 32.2. The summed E-state index contributed by atoms with van der Waals surface area (Å²) in [5.74, 6) is 0.533. The SMILES string of the molecule is CS/C(=C(\S)c1cccc(C(C)C)c1)c1ccccc1. The summed E-state index contributed by atoms with van der Waals surface area (Å²) in [7, 11) is 0. The molecule has 0 aliphatic heterocycles. The molecule has 0 spiro atoms. The molecule has 0 amide bonds. The van der Waals surface area contributed by atoms with Crippen molar-refractivity contribution in [3.63, 3.8) is 0 Å². The molecule has 0 saturated heterocycles. The van der Waals surface area contributed by atoms with Gasteiger partial charge in [-0.05, 0) is 28.9 Å². The average Bonchev–Trinajstić information content (AvgIpc) is 2.49. The number of thiol groups is 1. The monoisotopic (exact) mass is 300 g/mol. The van der Waals surface area contributed by atoms with E-state index in [0.717, 1.165) is 4.91 Å². The zero-order chi connectivity index (χ0) is 14.5. The molecule has 2 aromatic rings. The Morgan fingerprint density at radius 3 is 2.20 bits per heavy atom. The van der Waals surface area contributed by atoms with E-state index in [2.05, 4.69) is 68.6 Å². The molecule has 0 fully saturated rings. The first kappa shape index (κ1) is 15.3. The maximum Gasteiger partial charge on any atom is 0.0281 e. The van der Waals surface area contributed by atoms with E-state index < -0.39 is 0 Å². The molecule has 0 heterocycles. The molecule has 104 valence electrons. The highest BCUT2D eigenvalue weighted by molar-refractivity contribution is 8.09. The Labute approximate surface area is 131 Å². The van der Waals surface area contributed by atoms with Crippen molar-refractivity contribution in [2.75, 3.05) is 6.26 Å². The Bertz CT molecular complexity index is 598. The number of hydrogen-bond donors (Lipinski definition) is 1. The van der Waals surface area contributed by atoms with E-state index in [1.54, 1.807) is 11.8 Å². The minimum Gasteiger partial charge on any atom is -0.142 e. The summed E-state index contributed by atoms with van der Waals surface area (Å²) in [6, 6.07) is 19.1. The molecular weight excluding hydrogens is 280 g/mol. The van der Waals surface area contributed by atoms with Gasteiger partial charge in [-0.15, -0.1) is 24.4 Å². The average molecular weight is 300 g/mol. The Hall–Kier alpha value is -1.12. The largest absolute Gasteiger partial charge is 0.142 e. The lowest BCUT2D eigenvalue weighted by Crippen LogP contribution is -1.90. The van der Waals surface area contributed by atoms with Gasteiger partial charge in [-0.3, -0.25) is 0 Å². The predicted molar refractivity (Wildman–Crippen MR) is 96.3 cm³/mol. The molecule has 0 aliphatic carbocycles. The van der Waals surface area contributed by atoms with Crippen LogP contribution in [0.5, 0.6) is 0 Å². The van der Waals surface area contributed by atoms with Crippen LogP contribution in [-0.2, 0) is 0 Å². The Morgan fingerprint density at radius 1 is 0.950 bits per heavy atom. The van der Waals surface area contributed by atoms with Gasteiger partial charge in [0.1, 0.15) is 0 Å². The highest BCUT2D eigenvalue weighted by Crippen LogP contribution is 2.36. The van der Waals surface area contributed by atoms with Crippen LogP contribution in [0, 0.1) is 0 Å². The van der Waals surface area contributed by atoms with Gasteiger partial charge in [0.05, 0.1) is 0 Å². The fourth-order valence-corrected chi connectivity index (χ4v) is 3.34. The van der Waals surface area contributed by atoms with Crippen LogP contribution >= 0.6 is 24.4 Å². The molecule has 20 heavy (non-hydrogen) atoms. The van der Waals surface area contributed by atoms with Crippen LogP contribution in [-0.4, -0.2) is 6.26 Å². The molecular formula is C18H20S2. The van der Waals surface area contributed by atoms with E-state index >= 15 is 0 Å². The van der Waals surface area contributed by atoms with Crippen LogP contribution in [0.15, 0.2) is 54.6 Å². The van der Waals surface area contributed by atoms with Gasteiger partial charge < -0.3 is 0 Å². The van der Waals surface area contributed by atoms with Crippen molar-refractivity contribution in [3.05, 3.63) is 71.3 Å². The van der Waals surface area contributed by atoms with Crippen molar-refractivity contribution in [1.29, 1.82) is 0 Å². The fourth-order valence-electron chi connectivity index (χ4n) is 2.12. The molecule has 0 nitrogen and oxygen atoms in total. The van der Waals surface area contributed by atoms with E-state index in [-0.39, 0.29) is 0 Å². The normalized spacial score (nSPS) is 12.4. The highest BCUT2D eigenvalue weighted by Gasteiger charge is 2.09. The molecule has 0 bridgehead atoms. The van der Waals surface area contributed by atoms with Crippen LogP contribution in [0.1, 0.15) is 36.5 Å². The minimum atomic E-state index is 0.533. The Morgan fingerprint density at radius 2 is 1.60 bits per heavy atom. The number of rotatable bonds is 4. The molecule has 0 radical (unpaired) electrons. The van der Waals surface area contributed by atoms with Crippen molar-refractivity contribution < 1.29 is 0 Å². The summed E-state index contributed by atoms with van der Waals surface area (Å²) in [5.41, 5.74) is 3.76. The molecule has 0 atom stereocenters. The fraction of sp³-hybridized carbons (Fsp3) is 0.222. The van der Waals surface area contributed by atoms with E-state index in [0.29, 0.717) is 5.92 Å². The summed E-state index contributed by atoms with van der Waals surface area (Å²) in [4.78, 5) is 2.26. The first-order valence-corrected chi connectivity index (χ1v) is 8.43. The molecule has 0 aliphatic rings. The van der Waals surface area contributed by atoms with Crippen molar-refractivity contribution in [3.8, 4) is 0 Å². The van der Waals surface area contributed by atoms with Crippen LogP contribution in [0.4, 0.5) is 0 Å². The van der Waals surface area contributed by atoms with Gasteiger partial charge >= 0.3 is 0 Å². The van der Waals surface area contributed by atoms with Crippen LogP contribution < -0.4 is 0 Å². The Kier molecular flexibility index (Phi) is 5.38. The standard InChI is InChI=1S/C18H20S2/c1-13(2)15-10-7-11-16(12-15)17(19)18(20-3)14-8-5-4-6-9-14/h4-13,19H,1-3H3/b18-17-. The maximum atomic E-state index is 4.78. The Balaban J connectivity index is 2.49. The quantitative estimate of drug-likeness (QED) is 0.539. The van der Waals surface area contributed by atoms with Crippen molar-refractivity contribution in [2.24, 2.45) is 0 Å². The molecule has 0 saturated carbocycles. The third-order valence-corrected chi connectivity index (χ3v) is 4.76. The summed E-state index contributed by atoms with van der Waals surface area (Å²) in [6.45, 7) is 4.43. The molecule has 2 aromatic carbocycles. The predicted octanol–water partition coefficient (Wildman–Crippen LogP) is 5.93. The second kappa shape index (κ2) is 7.05. The summed E-state index contributed by atoms with van der Waals surface area (Å²) >= 11 is 6.52. The molecule has 2 rings (SSSR count). The lowest BCUT2D eigenvalue weighted by atomic mass is 10.0. The van der Waals surface area contributed by atoms with E-state index in [1.807, 2.05) is 6.07 Å². The van der Waals surface area contributed by atoms with E-state index in [1.165, 1.54) is 21.6 Å². The number of hydrogen-bond acceptors (Lipinski definition) is 2. The zero-order valence-electron chi connectivity index (χ0n) is 12.1. The summed E-state index contributed by atoms with van der Waals surface area (Å²) in [6.07, 6.45) is 2.10. The topological polar surface area (TPSA) is 0 Å². The van der Waals surface area contributed by atoms with Gasteiger partial charge in [0, 0.05) is 9.81 Å². The molecule has 0 aromatic heterocycles. The van der Waals surface area contributed by atoms with Gasteiger partial charge in [0.15, 0.2) is 0 Å². The first-order valence-electron chi connectivity index (χ1n) is 6.76. The molecule has 2 heteroatoms. The van der Waals surface area contributed by atoms with Gasteiger partial charge in [-0.25, -0.2) is 0 Å².